The van der Waals surface area contributed by atoms with Crippen molar-refractivity contribution in [3.8, 4) is 0 Å². The first-order valence-electron chi connectivity index (χ1n) is 15.1. The van der Waals surface area contributed by atoms with Crippen LogP contribution in [0.5, 0.6) is 0 Å². The topological polar surface area (TPSA) is 81.2 Å². The van der Waals surface area contributed by atoms with Gasteiger partial charge in [-0.05, 0) is 48.3 Å². The number of thioether (sulfide) groups is 2. The van der Waals surface area contributed by atoms with E-state index in [9.17, 15) is 19.2 Å². The summed E-state index contributed by atoms with van der Waals surface area (Å²) in [5, 5.41) is 0. The number of nitrogens with zero attached hydrogens (tertiary/aromatic N) is 4. The van der Waals surface area contributed by atoms with E-state index >= 15 is 0 Å². The van der Waals surface area contributed by atoms with Crippen LogP contribution in [-0.2, 0) is 19.2 Å². The molecule has 0 saturated carbocycles. The highest BCUT2D eigenvalue weighted by molar-refractivity contribution is 8.27. The van der Waals surface area contributed by atoms with Gasteiger partial charge in [0.2, 0.25) is 11.8 Å². The third kappa shape index (κ3) is 8.95. The number of carbonyl (C=O) groups excluding carboxylic acids is 4. The van der Waals surface area contributed by atoms with E-state index in [-0.39, 0.29) is 43.1 Å². The molecule has 3 aliphatic rings. The minimum absolute atomic E-state index is 0.101. The predicted octanol–water partition coefficient (Wildman–Crippen LogP) is 5.74. The third-order valence-corrected chi connectivity index (χ3v) is 10.4. The second-order valence-corrected chi connectivity index (χ2v) is 14.6. The SMILES string of the molecule is CC(/C=C1\SC(=S)N(CC(=O)N2CCN(C(=O)CCN3C(=O)/C(=C\C(C)=C\c4ccccc4)SC3=S)CC2)C1=O)=C\c1ccccc1. The third-order valence-electron chi connectivity index (χ3n) is 7.68. The van der Waals surface area contributed by atoms with Crippen LogP contribution in [-0.4, -0.2) is 91.1 Å². The number of hydrogen-bond acceptors (Lipinski definition) is 8. The molecular weight excluding hydrogens is 669 g/mol. The smallest absolute Gasteiger partial charge is 0.266 e. The van der Waals surface area contributed by atoms with E-state index < -0.39 is 0 Å². The maximum atomic E-state index is 13.1. The Morgan fingerprint density at radius 3 is 1.60 bits per heavy atom. The van der Waals surface area contributed by atoms with Crippen LogP contribution >= 0.6 is 48.0 Å². The predicted molar refractivity (Wildman–Crippen MR) is 198 cm³/mol. The monoisotopic (exact) mass is 702 g/mol. The first kappa shape index (κ1) is 34.5. The van der Waals surface area contributed by atoms with Crippen LogP contribution in [0.2, 0.25) is 0 Å². The summed E-state index contributed by atoms with van der Waals surface area (Å²) in [6.07, 6.45) is 7.73. The molecule has 5 rings (SSSR count). The molecule has 2 aromatic rings. The van der Waals surface area contributed by atoms with Gasteiger partial charge < -0.3 is 9.80 Å². The maximum absolute atomic E-state index is 13.1. The Hall–Kier alpha value is -3.84. The van der Waals surface area contributed by atoms with Gasteiger partial charge in [-0.2, -0.15) is 0 Å². The molecule has 8 nitrogen and oxygen atoms in total. The summed E-state index contributed by atoms with van der Waals surface area (Å²) < 4.78 is 0.786. The first-order valence-corrected chi connectivity index (χ1v) is 17.6. The average molecular weight is 703 g/mol. The van der Waals surface area contributed by atoms with E-state index in [1.807, 2.05) is 92.7 Å². The fourth-order valence-corrected chi connectivity index (χ4v) is 7.92. The van der Waals surface area contributed by atoms with Gasteiger partial charge in [0, 0.05) is 39.1 Å². The van der Waals surface area contributed by atoms with Gasteiger partial charge >= 0.3 is 0 Å². The lowest BCUT2D eigenvalue weighted by Crippen LogP contribution is -2.53. The first-order chi connectivity index (χ1) is 22.6. The molecule has 12 heteroatoms. The summed E-state index contributed by atoms with van der Waals surface area (Å²) in [4.78, 5) is 59.5. The molecule has 0 unspecified atom stereocenters. The van der Waals surface area contributed by atoms with Gasteiger partial charge in [0.05, 0.1) is 9.81 Å². The van der Waals surface area contributed by atoms with E-state index in [4.69, 9.17) is 24.4 Å². The zero-order chi connectivity index (χ0) is 33.5. The van der Waals surface area contributed by atoms with Gasteiger partial charge in [-0.1, -0.05) is 121 Å². The molecule has 2 aromatic carbocycles. The molecule has 0 aromatic heterocycles. The summed E-state index contributed by atoms with van der Waals surface area (Å²) in [5.74, 6) is -0.795. The fourth-order valence-electron chi connectivity index (χ4n) is 5.26. The van der Waals surface area contributed by atoms with Crippen molar-refractivity contribution in [1.29, 1.82) is 0 Å². The summed E-state index contributed by atoms with van der Waals surface area (Å²) in [5.41, 5.74) is 3.90. The maximum Gasteiger partial charge on any atom is 0.266 e. The van der Waals surface area contributed by atoms with Crippen molar-refractivity contribution in [1.82, 2.24) is 19.6 Å². The molecule has 4 amide bonds. The van der Waals surface area contributed by atoms with Crippen molar-refractivity contribution >= 4 is 92.4 Å². The Kier molecular flexibility index (Phi) is 11.6. The summed E-state index contributed by atoms with van der Waals surface area (Å²) in [6.45, 7) is 5.36. The molecule has 0 bridgehead atoms. The summed E-state index contributed by atoms with van der Waals surface area (Å²) >= 11 is 13.3. The molecule has 0 radical (unpaired) electrons. The number of allylic oxidation sites excluding steroid dienone is 4. The van der Waals surface area contributed by atoms with Gasteiger partial charge in [0.1, 0.15) is 15.2 Å². The van der Waals surface area contributed by atoms with E-state index in [0.29, 0.717) is 44.6 Å². The number of amides is 4. The second kappa shape index (κ2) is 15.8. The molecule has 0 spiro atoms. The van der Waals surface area contributed by atoms with Crippen LogP contribution in [0, 0.1) is 0 Å². The Balaban J connectivity index is 1.08. The van der Waals surface area contributed by atoms with E-state index in [0.717, 1.165) is 22.3 Å². The molecule has 47 heavy (non-hydrogen) atoms. The number of benzene rings is 2. The van der Waals surface area contributed by atoms with Crippen LogP contribution in [0.1, 0.15) is 31.4 Å². The van der Waals surface area contributed by atoms with Crippen LogP contribution in [0.3, 0.4) is 0 Å². The van der Waals surface area contributed by atoms with Crippen molar-refractivity contribution in [2.75, 3.05) is 39.3 Å². The van der Waals surface area contributed by atoms with Gasteiger partial charge in [-0.25, -0.2) is 0 Å². The largest absolute Gasteiger partial charge is 0.339 e. The molecule has 0 aliphatic carbocycles. The number of rotatable bonds is 9. The Morgan fingerprint density at radius 2 is 1.11 bits per heavy atom. The van der Waals surface area contributed by atoms with Gasteiger partial charge in [-0.15, -0.1) is 0 Å². The zero-order valence-corrected chi connectivity index (χ0v) is 29.4. The second-order valence-electron chi connectivity index (χ2n) is 11.2. The number of piperazine rings is 1. The van der Waals surface area contributed by atoms with Gasteiger partial charge in [-0.3, -0.25) is 29.0 Å². The minimum Gasteiger partial charge on any atom is -0.339 e. The van der Waals surface area contributed by atoms with Crippen LogP contribution in [0.15, 0.2) is 93.8 Å². The summed E-state index contributed by atoms with van der Waals surface area (Å²) in [6, 6.07) is 19.7. The van der Waals surface area contributed by atoms with E-state index in [1.54, 1.807) is 15.9 Å². The van der Waals surface area contributed by atoms with Crippen molar-refractivity contribution in [3.63, 3.8) is 0 Å². The molecule has 3 fully saturated rings. The lowest BCUT2D eigenvalue weighted by molar-refractivity contribution is -0.141. The lowest BCUT2D eigenvalue weighted by atomic mass is 10.1. The van der Waals surface area contributed by atoms with Crippen LogP contribution in [0.25, 0.3) is 12.2 Å². The fraction of sp³-hybridized carbons (Fsp3) is 0.257. The van der Waals surface area contributed by atoms with Crippen LogP contribution < -0.4 is 0 Å². The summed E-state index contributed by atoms with van der Waals surface area (Å²) in [7, 11) is 0. The van der Waals surface area contributed by atoms with Crippen molar-refractivity contribution in [2.45, 2.75) is 20.3 Å². The van der Waals surface area contributed by atoms with Crippen molar-refractivity contribution in [3.05, 3.63) is 105 Å². The van der Waals surface area contributed by atoms with E-state index in [1.165, 1.54) is 33.3 Å². The highest BCUT2D eigenvalue weighted by atomic mass is 32.2. The van der Waals surface area contributed by atoms with E-state index in [2.05, 4.69) is 0 Å². The lowest BCUT2D eigenvalue weighted by Gasteiger charge is -2.35. The molecule has 3 saturated heterocycles. The quantitative estimate of drug-likeness (QED) is 0.242. The van der Waals surface area contributed by atoms with Gasteiger partial charge in [0.15, 0.2) is 0 Å². The zero-order valence-electron chi connectivity index (χ0n) is 26.1. The Bertz CT molecular complexity index is 1710. The molecular formula is C35H34N4O4S4. The Morgan fingerprint density at radius 1 is 0.681 bits per heavy atom. The van der Waals surface area contributed by atoms with Crippen LogP contribution in [0.4, 0.5) is 0 Å². The number of thiocarbonyl (C=S) groups is 2. The average Bonchev–Trinajstić information content (AvgIpc) is 3.47. The molecule has 0 atom stereocenters. The Labute approximate surface area is 294 Å². The number of hydrogen-bond donors (Lipinski definition) is 0. The van der Waals surface area contributed by atoms with Gasteiger partial charge in [0.25, 0.3) is 11.8 Å². The number of carbonyl (C=O) groups is 4. The van der Waals surface area contributed by atoms with Crippen molar-refractivity contribution in [2.24, 2.45) is 0 Å². The molecule has 0 N–H and O–H groups in total. The minimum atomic E-state index is -0.282. The molecule has 242 valence electrons. The molecule has 3 heterocycles. The molecule has 3 aliphatic heterocycles. The highest BCUT2D eigenvalue weighted by Crippen LogP contribution is 2.33. The van der Waals surface area contributed by atoms with Crippen molar-refractivity contribution < 1.29 is 19.2 Å². The highest BCUT2D eigenvalue weighted by Gasteiger charge is 2.36. The normalized spacial score (nSPS) is 19.5. The standard InChI is InChI=1S/C35H34N4O4S4/c1-24(19-26-9-5-3-6-10-26)21-28-32(42)38(34(44)46-28)14-13-30(40)36-15-17-37(18-16-36)31(41)23-39-33(43)29(47-35(39)45)22-25(2)20-27-11-7-4-8-12-27/h3-12,19-22H,13-18,23H2,1-2H3/b24-19+,25-20+,28-21+,29-22-.